The second-order valence-corrected chi connectivity index (χ2v) is 9.07. The summed E-state index contributed by atoms with van der Waals surface area (Å²) in [6, 6.07) is 14.9. The zero-order chi connectivity index (χ0) is 20.3. The number of benzene rings is 2. The molecule has 0 saturated heterocycles. The highest BCUT2D eigenvalue weighted by molar-refractivity contribution is 7.91. The van der Waals surface area contributed by atoms with Gasteiger partial charge in [0.1, 0.15) is 11.0 Å². The first-order valence-corrected chi connectivity index (χ1v) is 10.6. The number of rotatable bonds is 6. The SMILES string of the molecule is Cc1ccc(C)c(S(=O)(=O)[C@@H](CNC(=O)c2ccc(Cl)cc2)c2ccco2)c1. The Labute approximate surface area is 169 Å². The van der Waals surface area contributed by atoms with Gasteiger partial charge in [-0.15, -0.1) is 0 Å². The minimum atomic E-state index is -3.79. The van der Waals surface area contributed by atoms with E-state index in [1.165, 1.54) is 6.26 Å². The molecular weight excluding hydrogens is 398 g/mol. The van der Waals surface area contributed by atoms with Crippen molar-refractivity contribution in [3.63, 3.8) is 0 Å². The van der Waals surface area contributed by atoms with Gasteiger partial charge in [-0.05, 0) is 67.4 Å². The summed E-state index contributed by atoms with van der Waals surface area (Å²) in [6.45, 7) is 3.46. The summed E-state index contributed by atoms with van der Waals surface area (Å²) in [6.07, 6.45) is 1.42. The first kappa shape index (κ1) is 20.2. The van der Waals surface area contributed by atoms with Crippen LogP contribution in [0, 0.1) is 13.8 Å². The summed E-state index contributed by atoms with van der Waals surface area (Å²) in [5, 5.41) is 2.17. The van der Waals surface area contributed by atoms with Crippen LogP contribution in [0.1, 0.15) is 32.5 Å². The van der Waals surface area contributed by atoms with Gasteiger partial charge in [-0.1, -0.05) is 23.7 Å². The fourth-order valence-corrected chi connectivity index (χ4v) is 4.94. The van der Waals surface area contributed by atoms with E-state index >= 15 is 0 Å². The average Bonchev–Trinajstić information content (AvgIpc) is 3.18. The minimum absolute atomic E-state index is 0.120. The van der Waals surface area contributed by atoms with Gasteiger partial charge in [0.2, 0.25) is 0 Å². The monoisotopic (exact) mass is 417 g/mol. The van der Waals surface area contributed by atoms with Gasteiger partial charge in [-0.3, -0.25) is 4.79 Å². The average molecular weight is 418 g/mol. The normalized spacial score (nSPS) is 12.5. The van der Waals surface area contributed by atoms with E-state index in [1.54, 1.807) is 55.5 Å². The molecule has 28 heavy (non-hydrogen) atoms. The van der Waals surface area contributed by atoms with Crippen molar-refractivity contribution < 1.29 is 17.6 Å². The number of nitrogens with one attached hydrogen (secondary N) is 1. The molecule has 1 N–H and O–H groups in total. The standard InChI is InChI=1S/C21H20ClNO4S/c1-14-5-6-15(2)19(12-14)28(25,26)20(18-4-3-11-27-18)13-23-21(24)16-7-9-17(22)10-8-16/h3-12,20H,13H2,1-2H3,(H,23,24)/t20-/m0/s1. The van der Waals surface area contributed by atoms with Gasteiger partial charge in [0.15, 0.2) is 9.84 Å². The number of sulfone groups is 1. The molecule has 0 aliphatic heterocycles. The summed E-state index contributed by atoms with van der Waals surface area (Å²) in [4.78, 5) is 12.7. The summed E-state index contributed by atoms with van der Waals surface area (Å²) < 4.78 is 32.1. The molecule has 0 fully saturated rings. The van der Waals surface area contributed by atoms with Crippen molar-refractivity contribution in [1.29, 1.82) is 0 Å². The predicted molar refractivity (Wildman–Crippen MR) is 108 cm³/mol. The first-order chi connectivity index (χ1) is 13.3. The number of halogens is 1. The smallest absolute Gasteiger partial charge is 0.251 e. The zero-order valence-corrected chi connectivity index (χ0v) is 17.0. The second-order valence-electron chi connectivity index (χ2n) is 6.53. The molecule has 7 heteroatoms. The molecule has 1 heterocycles. The highest BCUT2D eigenvalue weighted by atomic mass is 35.5. The highest BCUT2D eigenvalue weighted by Crippen LogP contribution is 2.31. The molecule has 0 aliphatic carbocycles. The highest BCUT2D eigenvalue weighted by Gasteiger charge is 2.33. The molecular formula is C21H20ClNO4S. The Kier molecular flexibility index (Phi) is 5.91. The molecule has 1 atom stereocenters. The largest absolute Gasteiger partial charge is 0.468 e. The molecule has 0 radical (unpaired) electrons. The van der Waals surface area contributed by atoms with Crippen LogP contribution in [-0.2, 0) is 9.84 Å². The van der Waals surface area contributed by atoms with E-state index in [9.17, 15) is 13.2 Å². The third-order valence-corrected chi connectivity index (χ3v) is 6.89. The van der Waals surface area contributed by atoms with Gasteiger partial charge < -0.3 is 9.73 Å². The molecule has 0 spiro atoms. The lowest BCUT2D eigenvalue weighted by Crippen LogP contribution is -2.32. The maximum atomic E-state index is 13.4. The van der Waals surface area contributed by atoms with Crippen LogP contribution in [0.3, 0.4) is 0 Å². The van der Waals surface area contributed by atoms with Gasteiger partial charge in [0.25, 0.3) is 5.91 Å². The van der Waals surface area contributed by atoms with Crippen molar-refractivity contribution in [2.75, 3.05) is 6.54 Å². The Morgan fingerprint density at radius 3 is 2.46 bits per heavy atom. The van der Waals surface area contributed by atoms with Crippen molar-refractivity contribution in [3.8, 4) is 0 Å². The van der Waals surface area contributed by atoms with Crippen molar-refractivity contribution >= 4 is 27.3 Å². The molecule has 3 aromatic rings. The lowest BCUT2D eigenvalue weighted by Gasteiger charge is -2.18. The van der Waals surface area contributed by atoms with Crippen molar-refractivity contribution in [2.24, 2.45) is 0 Å². The molecule has 146 valence electrons. The number of hydrogen-bond donors (Lipinski definition) is 1. The maximum absolute atomic E-state index is 13.4. The van der Waals surface area contributed by atoms with Crippen LogP contribution in [0.2, 0.25) is 5.02 Å². The number of aryl methyl sites for hydroxylation is 2. The van der Waals surface area contributed by atoms with E-state index in [-0.39, 0.29) is 23.1 Å². The molecule has 2 aromatic carbocycles. The van der Waals surface area contributed by atoms with Gasteiger partial charge in [-0.25, -0.2) is 8.42 Å². The fraction of sp³-hybridized carbons (Fsp3) is 0.190. The van der Waals surface area contributed by atoms with Crippen molar-refractivity contribution in [2.45, 2.75) is 24.0 Å². The van der Waals surface area contributed by atoms with Gasteiger partial charge in [0.05, 0.1) is 11.2 Å². The third-order valence-electron chi connectivity index (χ3n) is 4.44. The van der Waals surface area contributed by atoms with Crippen molar-refractivity contribution in [3.05, 3.63) is 88.3 Å². The summed E-state index contributed by atoms with van der Waals surface area (Å²) in [5.41, 5.74) is 1.88. The molecule has 1 amide bonds. The molecule has 0 aliphatic rings. The number of amides is 1. The molecule has 0 saturated carbocycles. The van der Waals surface area contributed by atoms with Crippen LogP contribution < -0.4 is 5.32 Å². The third kappa shape index (κ3) is 4.29. The summed E-state index contributed by atoms with van der Waals surface area (Å²) in [7, 11) is -3.79. The summed E-state index contributed by atoms with van der Waals surface area (Å²) >= 11 is 5.84. The van der Waals surface area contributed by atoms with Crippen LogP contribution in [0.4, 0.5) is 0 Å². The van der Waals surface area contributed by atoms with Crippen molar-refractivity contribution in [1.82, 2.24) is 5.32 Å². The Morgan fingerprint density at radius 1 is 1.11 bits per heavy atom. The van der Waals surface area contributed by atoms with Gasteiger partial charge >= 0.3 is 0 Å². The first-order valence-electron chi connectivity index (χ1n) is 8.67. The zero-order valence-electron chi connectivity index (χ0n) is 15.5. The van der Waals surface area contributed by atoms with E-state index in [4.69, 9.17) is 16.0 Å². The van der Waals surface area contributed by atoms with Crippen LogP contribution in [0.15, 0.2) is 70.2 Å². The van der Waals surface area contributed by atoms with Crippen LogP contribution >= 0.6 is 11.6 Å². The number of carbonyl (C=O) groups is 1. The predicted octanol–water partition coefficient (Wildman–Crippen LogP) is 4.49. The Balaban J connectivity index is 1.91. The van der Waals surface area contributed by atoms with E-state index in [1.807, 2.05) is 13.0 Å². The Morgan fingerprint density at radius 2 is 1.82 bits per heavy atom. The molecule has 0 unspecified atom stereocenters. The van der Waals surface area contributed by atoms with Gasteiger partial charge in [-0.2, -0.15) is 0 Å². The van der Waals surface area contributed by atoms with Crippen LogP contribution in [0.5, 0.6) is 0 Å². The molecule has 5 nitrogen and oxygen atoms in total. The Hall–Kier alpha value is -2.57. The van der Waals surface area contributed by atoms with E-state index in [0.29, 0.717) is 16.1 Å². The molecule has 1 aromatic heterocycles. The lowest BCUT2D eigenvalue weighted by atomic mass is 10.2. The molecule has 3 rings (SSSR count). The number of furan rings is 1. The van der Waals surface area contributed by atoms with E-state index in [0.717, 1.165) is 5.56 Å². The topological polar surface area (TPSA) is 76.4 Å². The number of hydrogen-bond acceptors (Lipinski definition) is 4. The van der Waals surface area contributed by atoms with Gasteiger partial charge in [0, 0.05) is 17.1 Å². The minimum Gasteiger partial charge on any atom is -0.468 e. The van der Waals surface area contributed by atoms with E-state index in [2.05, 4.69) is 5.32 Å². The van der Waals surface area contributed by atoms with Crippen LogP contribution in [-0.4, -0.2) is 20.9 Å². The second kappa shape index (κ2) is 8.20. The van der Waals surface area contributed by atoms with E-state index < -0.39 is 15.1 Å². The fourth-order valence-electron chi connectivity index (χ4n) is 2.89. The number of carbonyl (C=O) groups excluding carboxylic acids is 1. The quantitative estimate of drug-likeness (QED) is 0.640. The van der Waals surface area contributed by atoms with Crippen LogP contribution in [0.25, 0.3) is 0 Å². The summed E-state index contributed by atoms with van der Waals surface area (Å²) in [5.74, 6) is -0.110. The molecule has 0 bridgehead atoms. The maximum Gasteiger partial charge on any atom is 0.251 e. The lowest BCUT2D eigenvalue weighted by molar-refractivity contribution is 0.0953. The Bertz CT molecular complexity index is 1070.